The Morgan fingerprint density at radius 2 is 1.77 bits per heavy atom. The Bertz CT molecular complexity index is 940. The van der Waals surface area contributed by atoms with E-state index in [-0.39, 0.29) is 22.4 Å². The molecule has 7 heteroatoms. The van der Waals surface area contributed by atoms with Gasteiger partial charge >= 0.3 is 0 Å². The minimum Gasteiger partial charge on any atom is -0.345 e. The summed E-state index contributed by atoms with van der Waals surface area (Å²) in [5.41, 5.74) is 3.52. The molecule has 0 spiro atoms. The summed E-state index contributed by atoms with van der Waals surface area (Å²) in [4.78, 5) is 12.8. The number of carbonyl (C=O) groups is 1. The molecule has 2 aromatic carbocycles. The van der Waals surface area contributed by atoms with Crippen LogP contribution in [0.2, 0.25) is 0 Å². The maximum Gasteiger partial charge on any atom is 0.252 e. The van der Waals surface area contributed by atoms with Crippen LogP contribution in [0.5, 0.6) is 0 Å². The zero-order chi connectivity index (χ0) is 19.6. The first-order valence-corrected chi connectivity index (χ1v) is 10.4. The Hall–Kier alpha value is -1.70. The fourth-order valence-corrected chi connectivity index (χ4v) is 3.98. The second kappa shape index (κ2) is 7.90. The zero-order valence-electron chi connectivity index (χ0n) is 15.5. The SMILES string of the molecule is Cc1ccc(C)c([C@H](C)NC(=O)c2cc(S(=O)(=O)N(C)C)ccc2Br)c1. The zero-order valence-corrected chi connectivity index (χ0v) is 17.9. The number of nitrogens with one attached hydrogen (secondary N) is 1. The summed E-state index contributed by atoms with van der Waals surface area (Å²) >= 11 is 3.34. The van der Waals surface area contributed by atoms with Gasteiger partial charge in [0.15, 0.2) is 0 Å². The van der Waals surface area contributed by atoms with E-state index in [0.29, 0.717) is 4.47 Å². The summed E-state index contributed by atoms with van der Waals surface area (Å²) in [6.45, 7) is 5.91. The average molecular weight is 439 g/mol. The fourth-order valence-electron chi connectivity index (χ4n) is 2.63. The summed E-state index contributed by atoms with van der Waals surface area (Å²) < 4.78 is 26.3. The van der Waals surface area contributed by atoms with E-state index in [1.54, 1.807) is 6.07 Å². The molecule has 0 saturated heterocycles. The molecular formula is C19H23BrN2O3S. The van der Waals surface area contributed by atoms with E-state index in [1.165, 1.54) is 26.2 Å². The topological polar surface area (TPSA) is 66.5 Å². The van der Waals surface area contributed by atoms with Gasteiger partial charge in [0.2, 0.25) is 10.0 Å². The van der Waals surface area contributed by atoms with E-state index in [4.69, 9.17) is 0 Å². The molecule has 0 bridgehead atoms. The molecule has 1 N–H and O–H groups in total. The van der Waals surface area contributed by atoms with E-state index < -0.39 is 10.0 Å². The third-order valence-electron chi connectivity index (χ3n) is 4.21. The molecule has 0 unspecified atom stereocenters. The van der Waals surface area contributed by atoms with Gasteiger partial charge in [0, 0.05) is 18.6 Å². The Labute approximate surface area is 163 Å². The second-order valence-electron chi connectivity index (χ2n) is 6.48. The molecule has 0 aliphatic heterocycles. The Balaban J connectivity index is 2.34. The molecule has 1 atom stereocenters. The minimum absolute atomic E-state index is 0.0789. The van der Waals surface area contributed by atoms with Gasteiger partial charge in [-0.3, -0.25) is 4.79 Å². The van der Waals surface area contributed by atoms with Crippen molar-refractivity contribution in [3.63, 3.8) is 0 Å². The van der Waals surface area contributed by atoms with Crippen LogP contribution in [0.25, 0.3) is 0 Å². The lowest BCUT2D eigenvalue weighted by Crippen LogP contribution is -2.28. The van der Waals surface area contributed by atoms with Gasteiger partial charge in [-0.05, 0) is 66.0 Å². The minimum atomic E-state index is -3.61. The van der Waals surface area contributed by atoms with Crippen molar-refractivity contribution in [2.24, 2.45) is 0 Å². The average Bonchev–Trinajstić information content (AvgIpc) is 2.56. The summed E-state index contributed by atoms with van der Waals surface area (Å²) in [5, 5.41) is 2.95. The van der Waals surface area contributed by atoms with Crippen LogP contribution in [0.15, 0.2) is 45.8 Å². The Kier molecular flexibility index (Phi) is 6.26. The number of aryl methyl sites for hydroxylation is 2. The van der Waals surface area contributed by atoms with E-state index in [0.717, 1.165) is 21.0 Å². The van der Waals surface area contributed by atoms with Crippen LogP contribution >= 0.6 is 15.9 Å². The number of benzene rings is 2. The summed E-state index contributed by atoms with van der Waals surface area (Å²) in [5.74, 6) is -0.332. The molecule has 0 fully saturated rings. The van der Waals surface area contributed by atoms with Crippen LogP contribution in [0.4, 0.5) is 0 Å². The standard InChI is InChI=1S/C19H23BrN2O3S/c1-12-6-7-13(2)16(10-12)14(3)21-19(23)17-11-15(8-9-18(17)20)26(24,25)22(4)5/h6-11,14H,1-5H3,(H,21,23)/t14-/m0/s1. The number of hydrogen-bond acceptors (Lipinski definition) is 3. The predicted molar refractivity (Wildman–Crippen MR) is 107 cm³/mol. The molecular weight excluding hydrogens is 416 g/mol. The summed E-state index contributed by atoms with van der Waals surface area (Å²) in [6, 6.07) is 10.3. The molecule has 0 aliphatic carbocycles. The van der Waals surface area contributed by atoms with Crippen LogP contribution in [0.1, 0.15) is 40.0 Å². The third-order valence-corrected chi connectivity index (χ3v) is 6.71. The molecule has 0 aromatic heterocycles. The van der Waals surface area contributed by atoms with E-state index >= 15 is 0 Å². The fraction of sp³-hybridized carbons (Fsp3) is 0.316. The van der Waals surface area contributed by atoms with Crippen molar-refractivity contribution < 1.29 is 13.2 Å². The maximum absolute atomic E-state index is 12.7. The van der Waals surface area contributed by atoms with Crippen LogP contribution < -0.4 is 5.32 Å². The molecule has 26 heavy (non-hydrogen) atoms. The molecule has 140 valence electrons. The van der Waals surface area contributed by atoms with Gasteiger partial charge in [-0.25, -0.2) is 12.7 Å². The first kappa shape index (κ1) is 20.6. The van der Waals surface area contributed by atoms with Gasteiger partial charge in [-0.15, -0.1) is 0 Å². The van der Waals surface area contributed by atoms with Gasteiger partial charge in [0.25, 0.3) is 5.91 Å². The van der Waals surface area contributed by atoms with Crippen molar-refractivity contribution in [1.29, 1.82) is 0 Å². The quantitative estimate of drug-likeness (QED) is 0.771. The van der Waals surface area contributed by atoms with Crippen LogP contribution in [0, 0.1) is 13.8 Å². The molecule has 0 radical (unpaired) electrons. The first-order valence-electron chi connectivity index (χ1n) is 8.14. The highest BCUT2D eigenvalue weighted by atomic mass is 79.9. The lowest BCUT2D eigenvalue weighted by Gasteiger charge is -2.18. The highest BCUT2D eigenvalue weighted by Crippen LogP contribution is 2.24. The smallest absolute Gasteiger partial charge is 0.252 e. The van der Waals surface area contributed by atoms with Gasteiger partial charge in [0.05, 0.1) is 16.5 Å². The van der Waals surface area contributed by atoms with Gasteiger partial charge < -0.3 is 5.32 Å². The number of halogens is 1. The van der Waals surface area contributed by atoms with Gasteiger partial charge in [0.1, 0.15) is 0 Å². The second-order valence-corrected chi connectivity index (χ2v) is 9.49. The first-order chi connectivity index (χ1) is 12.0. The van der Waals surface area contributed by atoms with Crippen molar-refractivity contribution >= 4 is 31.9 Å². The van der Waals surface area contributed by atoms with Crippen molar-refractivity contribution in [3.8, 4) is 0 Å². The molecule has 0 heterocycles. The number of hydrogen-bond donors (Lipinski definition) is 1. The predicted octanol–water partition coefficient (Wildman–Crippen LogP) is 3.81. The molecule has 2 aromatic rings. The van der Waals surface area contributed by atoms with E-state index in [1.807, 2.05) is 39.0 Å². The van der Waals surface area contributed by atoms with Crippen LogP contribution in [0.3, 0.4) is 0 Å². The highest BCUT2D eigenvalue weighted by Gasteiger charge is 2.21. The highest BCUT2D eigenvalue weighted by molar-refractivity contribution is 9.10. The number of nitrogens with zero attached hydrogens (tertiary/aromatic N) is 1. The maximum atomic E-state index is 12.7. The Morgan fingerprint density at radius 3 is 2.38 bits per heavy atom. The summed E-state index contributed by atoms with van der Waals surface area (Å²) in [7, 11) is -0.694. The number of amides is 1. The van der Waals surface area contributed by atoms with Crippen molar-refractivity contribution in [3.05, 3.63) is 63.1 Å². The molecule has 0 aliphatic rings. The largest absolute Gasteiger partial charge is 0.345 e. The molecule has 1 amide bonds. The van der Waals surface area contributed by atoms with Crippen LogP contribution in [-0.4, -0.2) is 32.7 Å². The normalized spacial score (nSPS) is 12.9. The number of rotatable bonds is 5. The monoisotopic (exact) mass is 438 g/mol. The van der Waals surface area contributed by atoms with E-state index in [2.05, 4.69) is 21.2 Å². The lowest BCUT2D eigenvalue weighted by atomic mass is 10.00. The van der Waals surface area contributed by atoms with Gasteiger partial charge in [-0.2, -0.15) is 0 Å². The van der Waals surface area contributed by atoms with Crippen molar-refractivity contribution in [2.45, 2.75) is 31.7 Å². The summed E-state index contributed by atoms with van der Waals surface area (Å²) in [6.07, 6.45) is 0. The molecule has 2 rings (SSSR count). The van der Waals surface area contributed by atoms with E-state index in [9.17, 15) is 13.2 Å². The molecule has 5 nitrogen and oxygen atoms in total. The number of sulfonamides is 1. The van der Waals surface area contributed by atoms with Crippen molar-refractivity contribution in [2.75, 3.05) is 14.1 Å². The van der Waals surface area contributed by atoms with Crippen molar-refractivity contribution in [1.82, 2.24) is 9.62 Å². The van der Waals surface area contributed by atoms with Crippen LogP contribution in [-0.2, 0) is 10.0 Å². The Morgan fingerprint density at radius 1 is 1.12 bits per heavy atom. The molecule has 0 saturated carbocycles. The lowest BCUT2D eigenvalue weighted by molar-refractivity contribution is 0.0939. The third kappa shape index (κ3) is 4.34. The van der Waals surface area contributed by atoms with Gasteiger partial charge in [-0.1, -0.05) is 23.8 Å². The number of carbonyl (C=O) groups excluding carboxylic acids is 1.